The van der Waals surface area contributed by atoms with Crippen LogP contribution in [0.4, 0.5) is 0 Å². The highest BCUT2D eigenvalue weighted by molar-refractivity contribution is 5.89. The van der Waals surface area contributed by atoms with E-state index >= 15 is 0 Å². The number of cyclic esters (lactones) is 1. The average Bonchev–Trinajstić information content (AvgIpc) is 3.02. The Morgan fingerprint density at radius 3 is 1.93 bits per heavy atom. The fourth-order valence-electron chi connectivity index (χ4n) is 2.54. The van der Waals surface area contributed by atoms with E-state index in [1.54, 1.807) is 0 Å². The Labute approximate surface area is 160 Å². The number of benzene rings is 2. The van der Waals surface area contributed by atoms with Gasteiger partial charge >= 0.3 is 5.97 Å². The molecule has 0 saturated heterocycles. The van der Waals surface area contributed by atoms with Gasteiger partial charge in [0.15, 0.2) is 11.9 Å². The SMILES string of the molecule is CC.O=C1OC(CCO)C(OCc2ccccc2)=C1OCc1ccccc1. The maximum absolute atomic E-state index is 12.1. The molecule has 27 heavy (non-hydrogen) atoms. The fourth-order valence-corrected chi connectivity index (χ4v) is 2.54. The molecule has 0 fully saturated rings. The molecule has 0 bridgehead atoms. The van der Waals surface area contributed by atoms with Crippen molar-refractivity contribution in [2.75, 3.05) is 6.61 Å². The molecular weight excluding hydrogens is 344 g/mol. The Bertz CT molecular complexity index is 725. The highest BCUT2D eigenvalue weighted by Gasteiger charge is 2.37. The Morgan fingerprint density at radius 1 is 0.889 bits per heavy atom. The van der Waals surface area contributed by atoms with Crippen molar-refractivity contribution in [3.8, 4) is 0 Å². The molecule has 0 aromatic heterocycles. The van der Waals surface area contributed by atoms with E-state index < -0.39 is 12.1 Å². The second-order valence-corrected chi connectivity index (χ2v) is 5.65. The summed E-state index contributed by atoms with van der Waals surface area (Å²) in [6.45, 7) is 4.43. The summed E-state index contributed by atoms with van der Waals surface area (Å²) in [6, 6.07) is 19.2. The highest BCUT2D eigenvalue weighted by Crippen LogP contribution is 2.28. The quantitative estimate of drug-likeness (QED) is 0.713. The van der Waals surface area contributed by atoms with Gasteiger partial charge in [-0.15, -0.1) is 0 Å². The normalized spacial score (nSPS) is 15.7. The average molecular weight is 370 g/mol. The van der Waals surface area contributed by atoms with Crippen LogP contribution < -0.4 is 0 Å². The van der Waals surface area contributed by atoms with Gasteiger partial charge in [-0.25, -0.2) is 4.79 Å². The zero-order valence-corrected chi connectivity index (χ0v) is 15.8. The molecule has 0 saturated carbocycles. The summed E-state index contributed by atoms with van der Waals surface area (Å²) in [5, 5.41) is 9.20. The Hall–Kier alpha value is -2.79. The number of hydrogen-bond acceptors (Lipinski definition) is 5. The lowest BCUT2D eigenvalue weighted by molar-refractivity contribution is -0.143. The van der Waals surface area contributed by atoms with Gasteiger partial charge < -0.3 is 19.3 Å². The summed E-state index contributed by atoms with van der Waals surface area (Å²) in [7, 11) is 0. The van der Waals surface area contributed by atoms with Gasteiger partial charge in [-0.2, -0.15) is 0 Å². The summed E-state index contributed by atoms with van der Waals surface area (Å²) in [5.41, 5.74) is 1.91. The molecule has 1 aliphatic rings. The predicted octanol–water partition coefficient (Wildman–Crippen LogP) is 3.97. The number of carbonyl (C=O) groups excluding carboxylic acids is 1. The molecule has 144 valence electrons. The largest absolute Gasteiger partial charge is 0.485 e. The predicted molar refractivity (Wildman–Crippen MR) is 102 cm³/mol. The summed E-state index contributed by atoms with van der Waals surface area (Å²) in [5.74, 6) is -0.130. The molecule has 0 spiro atoms. The fraction of sp³-hybridized carbons (Fsp3) is 0.318. The van der Waals surface area contributed by atoms with E-state index in [1.165, 1.54) is 0 Å². The maximum atomic E-state index is 12.1. The minimum Gasteiger partial charge on any atom is -0.485 e. The molecule has 1 N–H and O–H groups in total. The smallest absolute Gasteiger partial charge is 0.378 e. The van der Waals surface area contributed by atoms with Crippen molar-refractivity contribution in [2.24, 2.45) is 0 Å². The molecule has 1 unspecified atom stereocenters. The molecule has 0 aliphatic carbocycles. The molecule has 5 heteroatoms. The van der Waals surface area contributed by atoms with Gasteiger partial charge in [-0.05, 0) is 11.1 Å². The third-order valence-corrected chi connectivity index (χ3v) is 3.81. The van der Waals surface area contributed by atoms with E-state index in [0.717, 1.165) is 11.1 Å². The number of rotatable bonds is 8. The summed E-state index contributed by atoms with van der Waals surface area (Å²) in [6.07, 6.45) is -0.347. The molecule has 1 aliphatic heterocycles. The zero-order valence-electron chi connectivity index (χ0n) is 15.8. The lowest BCUT2D eigenvalue weighted by atomic mass is 10.2. The van der Waals surface area contributed by atoms with Crippen LogP contribution in [0.15, 0.2) is 72.2 Å². The first-order chi connectivity index (χ1) is 13.3. The topological polar surface area (TPSA) is 65.0 Å². The third kappa shape index (κ3) is 5.86. The first-order valence-corrected chi connectivity index (χ1v) is 9.17. The minimum atomic E-state index is -0.619. The van der Waals surface area contributed by atoms with Crippen LogP contribution in [0.1, 0.15) is 31.4 Å². The van der Waals surface area contributed by atoms with Crippen molar-refractivity contribution in [1.82, 2.24) is 0 Å². The van der Waals surface area contributed by atoms with Crippen molar-refractivity contribution in [1.29, 1.82) is 0 Å². The van der Waals surface area contributed by atoms with Gasteiger partial charge in [0.2, 0.25) is 5.76 Å². The van der Waals surface area contributed by atoms with Crippen LogP contribution in [0.3, 0.4) is 0 Å². The van der Waals surface area contributed by atoms with Crippen LogP contribution >= 0.6 is 0 Å². The minimum absolute atomic E-state index is 0.0817. The molecule has 5 nitrogen and oxygen atoms in total. The molecule has 3 rings (SSSR count). The van der Waals surface area contributed by atoms with Crippen molar-refractivity contribution in [3.63, 3.8) is 0 Å². The van der Waals surface area contributed by atoms with Crippen LogP contribution in [0, 0.1) is 0 Å². The van der Waals surface area contributed by atoms with Gasteiger partial charge in [0.25, 0.3) is 0 Å². The van der Waals surface area contributed by atoms with E-state index in [9.17, 15) is 9.90 Å². The Balaban J connectivity index is 0.00000126. The number of carbonyl (C=O) groups is 1. The lowest BCUT2D eigenvalue weighted by Gasteiger charge is -2.14. The van der Waals surface area contributed by atoms with Crippen LogP contribution in [0.2, 0.25) is 0 Å². The molecular formula is C22H26O5. The summed E-state index contributed by atoms with van der Waals surface area (Å²) in [4.78, 5) is 12.1. The maximum Gasteiger partial charge on any atom is 0.378 e. The number of hydrogen-bond donors (Lipinski definition) is 1. The Morgan fingerprint density at radius 2 is 1.41 bits per heavy atom. The van der Waals surface area contributed by atoms with Gasteiger partial charge in [0.1, 0.15) is 13.2 Å². The molecule has 2 aromatic carbocycles. The van der Waals surface area contributed by atoms with Crippen molar-refractivity contribution in [3.05, 3.63) is 83.3 Å². The first-order valence-electron chi connectivity index (χ1n) is 9.17. The number of ether oxygens (including phenoxy) is 3. The van der Waals surface area contributed by atoms with E-state index in [1.807, 2.05) is 74.5 Å². The van der Waals surface area contributed by atoms with Gasteiger partial charge in [-0.3, -0.25) is 0 Å². The van der Waals surface area contributed by atoms with Crippen LogP contribution in [-0.4, -0.2) is 23.8 Å². The zero-order chi connectivity index (χ0) is 19.5. The number of esters is 1. The van der Waals surface area contributed by atoms with E-state index in [-0.39, 0.29) is 25.4 Å². The summed E-state index contributed by atoms with van der Waals surface area (Å²) < 4.78 is 16.8. The molecule has 0 radical (unpaired) electrons. The molecule has 2 aromatic rings. The van der Waals surface area contributed by atoms with Gasteiger partial charge in [0.05, 0.1) is 0 Å². The second kappa shape index (κ2) is 11.0. The monoisotopic (exact) mass is 370 g/mol. The van der Waals surface area contributed by atoms with Crippen LogP contribution in [-0.2, 0) is 32.2 Å². The first kappa shape index (κ1) is 20.5. The molecule has 1 atom stereocenters. The van der Waals surface area contributed by atoms with Gasteiger partial charge in [-0.1, -0.05) is 74.5 Å². The second-order valence-electron chi connectivity index (χ2n) is 5.65. The third-order valence-electron chi connectivity index (χ3n) is 3.81. The Kier molecular flexibility index (Phi) is 8.39. The van der Waals surface area contributed by atoms with Crippen LogP contribution in [0.25, 0.3) is 0 Å². The van der Waals surface area contributed by atoms with Crippen LogP contribution in [0.5, 0.6) is 0 Å². The van der Waals surface area contributed by atoms with Crippen molar-refractivity contribution >= 4 is 5.97 Å². The standard InChI is InChI=1S/C20H20O5.C2H6/c21-12-11-17-18(23-13-15-7-3-1-4-8-15)19(20(22)25-17)24-14-16-9-5-2-6-10-16;1-2/h1-10,17,21H,11-14H2;1-2H3. The molecule has 1 heterocycles. The van der Waals surface area contributed by atoms with Gasteiger partial charge in [0, 0.05) is 13.0 Å². The number of aliphatic hydroxyl groups is 1. The lowest BCUT2D eigenvalue weighted by Crippen LogP contribution is -2.15. The molecule has 0 amide bonds. The van der Waals surface area contributed by atoms with E-state index in [0.29, 0.717) is 12.4 Å². The number of aliphatic hydroxyl groups excluding tert-OH is 1. The van der Waals surface area contributed by atoms with E-state index in [4.69, 9.17) is 14.2 Å². The van der Waals surface area contributed by atoms with E-state index in [2.05, 4.69) is 0 Å². The summed E-state index contributed by atoms with van der Waals surface area (Å²) >= 11 is 0. The van der Waals surface area contributed by atoms with Crippen molar-refractivity contribution < 1.29 is 24.1 Å². The highest BCUT2D eigenvalue weighted by atomic mass is 16.6. The van der Waals surface area contributed by atoms with Crippen molar-refractivity contribution in [2.45, 2.75) is 39.6 Å².